The topological polar surface area (TPSA) is 42.6 Å². The van der Waals surface area contributed by atoms with Gasteiger partial charge < -0.3 is 14.3 Å². The highest BCUT2D eigenvalue weighted by Crippen LogP contribution is 2.28. The fourth-order valence-corrected chi connectivity index (χ4v) is 2.12. The van der Waals surface area contributed by atoms with E-state index in [-0.39, 0.29) is 5.75 Å². The van der Waals surface area contributed by atoms with Crippen LogP contribution in [-0.2, 0) is 6.61 Å². The molecule has 0 atom stereocenters. The van der Waals surface area contributed by atoms with Crippen LogP contribution in [0.2, 0.25) is 0 Å². The molecule has 96 valence electrons. The Hall–Kier alpha value is -1.94. The molecule has 1 N–H and O–H groups in total. The van der Waals surface area contributed by atoms with Crippen molar-refractivity contribution in [2.45, 2.75) is 6.61 Å². The predicted molar refractivity (Wildman–Crippen MR) is 76.4 cm³/mol. The zero-order valence-corrected chi connectivity index (χ0v) is 11.6. The minimum atomic E-state index is 0.219. The molecule has 0 radical (unpaired) electrons. The van der Waals surface area contributed by atoms with Gasteiger partial charge in [0, 0.05) is 4.47 Å². The molecule has 3 rings (SSSR count). The van der Waals surface area contributed by atoms with Gasteiger partial charge in [-0.1, -0.05) is 22.0 Å². The van der Waals surface area contributed by atoms with Crippen LogP contribution >= 0.6 is 15.9 Å². The Kier molecular flexibility index (Phi) is 3.17. The maximum Gasteiger partial charge on any atom is 0.146 e. The van der Waals surface area contributed by atoms with Crippen molar-refractivity contribution in [3.8, 4) is 11.5 Å². The number of halogens is 1. The molecule has 19 heavy (non-hydrogen) atoms. The zero-order valence-electron chi connectivity index (χ0n) is 9.97. The van der Waals surface area contributed by atoms with Gasteiger partial charge in [-0.15, -0.1) is 0 Å². The van der Waals surface area contributed by atoms with E-state index in [1.54, 1.807) is 18.2 Å². The third-order valence-corrected chi connectivity index (χ3v) is 3.31. The number of hydrogen-bond donors (Lipinski definition) is 1. The molecular weight excluding hydrogens is 308 g/mol. The molecule has 0 aliphatic heterocycles. The first kappa shape index (κ1) is 12.1. The summed E-state index contributed by atoms with van der Waals surface area (Å²) in [6.07, 6.45) is 0. The molecule has 0 amide bonds. The molecule has 0 aliphatic carbocycles. The first-order chi connectivity index (χ1) is 9.22. The Bertz CT molecular complexity index is 701. The lowest BCUT2D eigenvalue weighted by atomic mass is 10.2. The van der Waals surface area contributed by atoms with Crippen molar-refractivity contribution >= 4 is 26.9 Å². The quantitative estimate of drug-likeness (QED) is 0.774. The first-order valence-corrected chi connectivity index (χ1v) is 6.60. The van der Waals surface area contributed by atoms with E-state index in [2.05, 4.69) is 15.9 Å². The van der Waals surface area contributed by atoms with Crippen LogP contribution in [0, 0.1) is 0 Å². The van der Waals surface area contributed by atoms with E-state index < -0.39 is 0 Å². The molecule has 0 fully saturated rings. The van der Waals surface area contributed by atoms with Gasteiger partial charge in [-0.25, -0.2) is 0 Å². The van der Waals surface area contributed by atoms with Crippen LogP contribution in [-0.4, -0.2) is 5.11 Å². The lowest BCUT2D eigenvalue weighted by molar-refractivity contribution is 0.274. The average Bonchev–Trinajstić information content (AvgIpc) is 2.83. The summed E-state index contributed by atoms with van der Waals surface area (Å²) in [5.41, 5.74) is 0.661. The maximum absolute atomic E-state index is 9.69. The molecule has 3 nitrogen and oxygen atoms in total. The summed E-state index contributed by atoms with van der Waals surface area (Å²) in [6, 6.07) is 14.6. The second-order valence-electron chi connectivity index (χ2n) is 4.14. The number of phenolic OH excluding ortho intramolecular Hbond substituents is 1. The number of fused-ring (bicyclic) bond motifs is 1. The Morgan fingerprint density at radius 3 is 2.63 bits per heavy atom. The molecular formula is C15H11BrO3. The van der Waals surface area contributed by atoms with Crippen LogP contribution in [0.3, 0.4) is 0 Å². The third-order valence-electron chi connectivity index (χ3n) is 2.78. The maximum atomic E-state index is 9.69. The van der Waals surface area contributed by atoms with Crippen molar-refractivity contribution in [1.29, 1.82) is 0 Å². The van der Waals surface area contributed by atoms with Crippen molar-refractivity contribution in [2.75, 3.05) is 0 Å². The summed E-state index contributed by atoms with van der Waals surface area (Å²) in [5.74, 6) is 1.67. The molecule has 1 heterocycles. The van der Waals surface area contributed by atoms with E-state index in [0.29, 0.717) is 23.3 Å². The summed E-state index contributed by atoms with van der Waals surface area (Å²) in [5, 5.41) is 10.4. The van der Waals surface area contributed by atoms with E-state index in [0.717, 1.165) is 10.2 Å². The standard InChI is InChI=1S/C15H11BrO3/c16-10-4-6-11(7-5-10)18-9-12-8-13-14(17)2-1-3-15(13)19-12/h1-8,17H,9H2. The van der Waals surface area contributed by atoms with Gasteiger partial charge in [0.2, 0.25) is 0 Å². The van der Waals surface area contributed by atoms with Gasteiger partial charge in [-0.05, 0) is 42.5 Å². The lowest BCUT2D eigenvalue weighted by Gasteiger charge is -2.03. The van der Waals surface area contributed by atoms with Crippen molar-refractivity contribution in [3.63, 3.8) is 0 Å². The Balaban J connectivity index is 1.78. The number of phenols is 1. The number of ether oxygens (including phenoxy) is 1. The van der Waals surface area contributed by atoms with Gasteiger partial charge >= 0.3 is 0 Å². The minimum Gasteiger partial charge on any atom is -0.507 e. The summed E-state index contributed by atoms with van der Waals surface area (Å²) in [7, 11) is 0. The van der Waals surface area contributed by atoms with Crippen LogP contribution in [0.1, 0.15) is 5.76 Å². The van der Waals surface area contributed by atoms with Gasteiger partial charge in [0.1, 0.15) is 29.4 Å². The lowest BCUT2D eigenvalue weighted by Crippen LogP contribution is -1.92. The molecule has 0 spiro atoms. The van der Waals surface area contributed by atoms with E-state index in [1.165, 1.54) is 0 Å². The molecule has 0 unspecified atom stereocenters. The minimum absolute atomic E-state index is 0.219. The van der Waals surface area contributed by atoms with E-state index in [9.17, 15) is 5.11 Å². The Morgan fingerprint density at radius 1 is 1.11 bits per heavy atom. The second-order valence-corrected chi connectivity index (χ2v) is 5.06. The third kappa shape index (κ3) is 2.58. The zero-order chi connectivity index (χ0) is 13.2. The number of benzene rings is 2. The molecule has 3 aromatic rings. The Morgan fingerprint density at radius 2 is 1.89 bits per heavy atom. The van der Waals surface area contributed by atoms with Crippen LogP contribution < -0.4 is 4.74 Å². The van der Waals surface area contributed by atoms with E-state index in [1.807, 2.05) is 30.3 Å². The molecule has 0 saturated carbocycles. The summed E-state index contributed by atoms with van der Waals surface area (Å²) in [6.45, 7) is 0.329. The molecule has 1 aromatic heterocycles. The van der Waals surface area contributed by atoms with Gasteiger partial charge in [0.15, 0.2) is 0 Å². The van der Waals surface area contributed by atoms with Crippen LogP contribution in [0.4, 0.5) is 0 Å². The van der Waals surface area contributed by atoms with Gasteiger partial charge in [0.25, 0.3) is 0 Å². The first-order valence-electron chi connectivity index (χ1n) is 5.81. The summed E-state index contributed by atoms with van der Waals surface area (Å²) < 4.78 is 12.2. The van der Waals surface area contributed by atoms with Gasteiger partial charge in [-0.3, -0.25) is 0 Å². The molecule has 4 heteroatoms. The fourth-order valence-electron chi connectivity index (χ4n) is 1.85. The second kappa shape index (κ2) is 4.97. The van der Waals surface area contributed by atoms with Crippen molar-refractivity contribution < 1.29 is 14.3 Å². The summed E-state index contributed by atoms with van der Waals surface area (Å²) in [4.78, 5) is 0. The monoisotopic (exact) mass is 318 g/mol. The van der Waals surface area contributed by atoms with Gasteiger partial charge in [0.05, 0.1) is 5.39 Å². The largest absolute Gasteiger partial charge is 0.507 e. The number of rotatable bonds is 3. The highest BCUT2D eigenvalue weighted by atomic mass is 79.9. The molecule has 0 saturated heterocycles. The van der Waals surface area contributed by atoms with Crippen molar-refractivity contribution in [2.24, 2.45) is 0 Å². The smallest absolute Gasteiger partial charge is 0.146 e. The molecule has 2 aromatic carbocycles. The van der Waals surface area contributed by atoms with Crippen molar-refractivity contribution in [3.05, 3.63) is 58.8 Å². The molecule has 0 bridgehead atoms. The summed E-state index contributed by atoms with van der Waals surface area (Å²) >= 11 is 3.37. The highest BCUT2D eigenvalue weighted by molar-refractivity contribution is 9.10. The predicted octanol–water partition coefficient (Wildman–Crippen LogP) is 4.48. The van der Waals surface area contributed by atoms with E-state index >= 15 is 0 Å². The molecule has 0 aliphatic rings. The number of furan rings is 1. The SMILES string of the molecule is Oc1cccc2oc(COc3ccc(Br)cc3)cc12. The fraction of sp³-hybridized carbons (Fsp3) is 0.0667. The Labute approximate surface area is 118 Å². The van der Waals surface area contributed by atoms with Crippen LogP contribution in [0.15, 0.2) is 57.4 Å². The van der Waals surface area contributed by atoms with E-state index in [4.69, 9.17) is 9.15 Å². The number of aromatic hydroxyl groups is 1. The highest BCUT2D eigenvalue weighted by Gasteiger charge is 2.07. The average molecular weight is 319 g/mol. The van der Waals surface area contributed by atoms with Crippen LogP contribution in [0.25, 0.3) is 11.0 Å². The van der Waals surface area contributed by atoms with Crippen LogP contribution in [0.5, 0.6) is 11.5 Å². The normalized spacial score (nSPS) is 10.8. The van der Waals surface area contributed by atoms with Gasteiger partial charge in [-0.2, -0.15) is 0 Å². The number of hydrogen-bond acceptors (Lipinski definition) is 3. The van der Waals surface area contributed by atoms with Crippen molar-refractivity contribution in [1.82, 2.24) is 0 Å².